The van der Waals surface area contributed by atoms with Crippen LogP contribution in [0.3, 0.4) is 0 Å². The Bertz CT molecular complexity index is 377. The molecule has 0 N–H and O–H groups in total. The first-order chi connectivity index (χ1) is 6.42. The topological polar surface area (TPSA) is 17.8 Å². The Hall–Kier alpha value is -1.57. The first kappa shape index (κ1) is 8.05. The van der Waals surface area contributed by atoms with Gasteiger partial charge in [-0.3, -0.25) is 0 Å². The Balaban J connectivity index is 2.51. The van der Waals surface area contributed by atoms with E-state index in [0.29, 0.717) is 0 Å². The van der Waals surface area contributed by atoms with Crippen molar-refractivity contribution in [3.8, 4) is 5.69 Å². The summed E-state index contributed by atoms with van der Waals surface area (Å²) >= 11 is 0. The molecule has 2 aromatic rings. The molecule has 1 aromatic carbocycles. The second-order valence-corrected chi connectivity index (χ2v) is 2.85. The number of aromatic nitrogens is 2. The average molecular weight is 171 g/mol. The molecule has 0 unspecified atom stereocenters. The minimum Gasteiger partial charge on any atom is -0.231 e. The fourth-order valence-electron chi connectivity index (χ4n) is 1.39. The van der Waals surface area contributed by atoms with E-state index >= 15 is 0 Å². The van der Waals surface area contributed by atoms with E-state index in [1.54, 1.807) is 10.9 Å². The molecule has 0 fully saturated rings. The molecule has 65 valence electrons. The first-order valence-corrected chi connectivity index (χ1v) is 4.42. The van der Waals surface area contributed by atoms with Gasteiger partial charge in [0.2, 0.25) is 0 Å². The van der Waals surface area contributed by atoms with Crippen LogP contribution >= 0.6 is 0 Å². The van der Waals surface area contributed by atoms with Crippen molar-refractivity contribution in [2.45, 2.75) is 13.3 Å². The summed E-state index contributed by atoms with van der Waals surface area (Å²) in [6, 6.07) is 10.1. The van der Waals surface area contributed by atoms with Gasteiger partial charge in [0, 0.05) is 0 Å². The lowest BCUT2D eigenvalue weighted by Gasteiger charge is -2.05. The van der Waals surface area contributed by atoms with Gasteiger partial charge in [-0.2, -0.15) is 5.10 Å². The summed E-state index contributed by atoms with van der Waals surface area (Å²) < 4.78 is 1.78. The first-order valence-electron chi connectivity index (χ1n) is 4.42. The lowest BCUT2D eigenvalue weighted by atomic mass is 10.1. The van der Waals surface area contributed by atoms with E-state index < -0.39 is 0 Å². The van der Waals surface area contributed by atoms with Crippen LogP contribution in [0.15, 0.2) is 36.5 Å². The molecule has 2 rings (SSSR count). The second-order valence-electron chi connectivity index (χ2n) is 2.85. The average Bonchev–Trinajstić information content (AvgIpc) is 2.70. The Labute approximate surface area is 77.8 Å². The highest BCUT2D eigenvalue weighted by Gasteiger charge is 2.00. The van der Waals surface area contributed by atoms with Gasteiger partial charge < -0.3 is 0 Å². The van der Waals surface area contributed by atoms with Crippen LogP contribution in [0.4, 0.5) is 0 Å². The maximum Gasteiger partial charge on any atom is 0.0926 e. The van der Waals surface area contributed by atoms with Crippen molar-refractivity contribution in [2.24, 2.45) is 0 Å². The maximum absolute atomic E-state index is 4.16. The normalized spacial score (nSPS) is 10.2. The molecule has 1 heterocycles. The number of hydrogen-bond donors (Lipinski definition) is 0. The lowest BCUT2D eigenvalue weighted by molar-refractivity contribution is 0.857. The van der Waals surface area contributed by atoms with Crippen molar-refractivity contribution < 1.29 is 0 Å². The summed E-state index contributed by atoms with van der Waals surface area (Å²) in [6.07, 6.45) is 5.79. The third kappa shape index (κ3) is 1.47. The number of nitrogens with zero attached hydrogens (tertiary/aromatic N) is 2. The van der Waals surface area contributed by atoms with Crippen LogP contribution in [-0.2, 0) is 6.42 Å². The molecule has 1 radical (unpaired) electrons. The molecule has 0 amide bonds. The molecule has 0 aliphatic carbocycles. The molecular weight excluding hydrogens is 160 g/mol. The van der Waals surface area contributed by atoms with E-state index in [0.717, 1.165) is 12.1 Å². The smallest absolute Gasteiger partial charge is 0.0926 e. The van der Waals surface area contributed by atoms with Crippen molar-refractivity contribution >= 4 is 0 Å². The molecule has 0 saturated heterocycles. The largest absolute Gasteiger partial charge is 0.231 e. The third-order valence-corrected chi connectivity index (χ3v) is 2.05. The monoisotopic (exact) mass is 171 g/mol. The van der Waals surface area contributed by atoms with Gasteiger partial charge in [0.25, 0.3) is 0 Å². The minimum atomic E-state index is 1.02. The van der Waals surface area contributed by atoms with Gasteiger partial charge in [-0.25, -0.2) is 4.68 Å². The standard InChI is InChI=1S/C11H11N2/c1-2-10-6-3-4-7-11(10)13-9-5-8-12-13/h3-8H,2H2,1H3. The van der Waals surface area contributed by atoms with E-state index in [1.807, 2.05) is 18.2 Å². The Kier molecular flexibility index (Phi) is 2.13. The molecule has 0 atom stereocenters. The molecule has 0 aliphatic rings. The van der Waals surface area contributed by atoms with E-state index in [-0.39, 0.29) is 0 Å². The van der Waals surface area contributed by atoms with Crippen molar-refractivity contribution in [2.75, 3.05) is 0 Å². The number of hydrogen-bond acceptors (Lipinski definition) is 1. The molecule has 0 aliphatic heterocycles. The second kappa shape index (κ2) is 3.44. The van der Waals surface area contributed by atoms with E-state index in [1.165, 1.54) is 5.56 Å². The quantitative estimate of drug-likeness (QED) is 0.677. The number of aryl methyl sites for hydroxylation is 1. The zero-order valence-corrected chi connectivity index (χ0v) is 7.57. The van der Waals surface area contributed by atoms with Crippen LogP contribution in [0.1, 0.15) is 12.5 Å². The van der Waals surface area contributed by atoms with Gasteiger partial charge in [0.1, 0.15) is 0 Å². The number of rotatable bonds is 2. The molecule has 1 aromatic heterocycles. The molecule has 0 spiro atoms. The predicted octanol–water partition coefficient (Wildman–Crippen LogP) is 2.23. The van der Waals surface area contributed by atoms with Gasteiger partial charge in [0.05, 0.1) is 18.1 Å². The fraction of sp³-hybridized carbons (Fsp3) is 0.182. The summed E-state index contributed by atoms with van der Waals surface area (Å²) in [5, 5.41) is 4.16. The molecule has 0 saturated carbocycles. The molecule has 13 heavy (non-hydrogen) atoms. The summed E-state index contributed by atoms with van der Waals surface area (Å²) in [6.45, 7) is 2.14. The van der Waals surface area contributed by atoms with E-state index in [9.17, 15) is 0 Å². The molecule has 2 heteroatoms. The van der Waals surface area contributed by atoms with Crippen LogP contribution < -0.4 is 0 Å². The third-order valence-electron chi connectivity index (χ3n) is 2.05. The van der Waals surface area contributed by atoms with E-state index in [4.69, 9.17) is 0 Å². The highest BCUT2D eigenvalue weighted by Crippen LogP contribution is 2.12. The lowest BCUT2D eigenvalue weighted by Crippen LogP contribution is -1.98. The van der Waals surface area contributed by atoms with Crippen molar-refractivity contribution in [3.05, 3.63) is 48.3 Å². The van der Waals surface area contributed by atoms with Crippen molar-refractivity contribution in [3.63, 3.8) is 0 Å². The zero-order valence-electron chi connectivity index (χ0n) is 7.57. The Morgan fingerprint density at radius 2 is 2.23 bits per heavy atom. The van der Waals surface area contributed by atoms with Gasteiger partial charge in [-0.1, -0.05) is 25.1 Å². The number of benzene rings is 1. The SMILES string of the molecule is CCc1ccccc1-n1[c]ccn1. The van der Waals surface area contributed by atoms with Crippen LogP contribution in [0.2, 0.25) is 0 Å². The van der Waals surface area contributed by atoms with Crippen LogP contribution in [-0.4, -0.2) is 9.78 Å². The highest BCUT2D eigenvalue weighted by molar-refractivity contribution is 5.39. The Morgan fingerprint density at radius 3 is 2.92 bits per heavy atom. The van der Waals surface area contributed by atoms with Crippen molar-refractivity contribution in [1.29, 1.82) is 0 Å². The van der Waals surface area contributed by atoms with Gasteiger partial charge in [-0.15, -0.1) is 0 Å². The highest BCUT2D eigenvalue weighted by atomic mass is 15.3. The summed E-state index contributed by atoms with van der Waals surface area (Å²) in [5.74, 6) is 0. The van der Waals surface area contributed by atoms with Gasteiger partial charge in [0.15, 0.2) is 0 Å². The molecule has 2 nitrogen and oxygen atoms in total. The summed E-state index contributed by atoms with van der Waals surface area (Å²) in [4.78, 5) is 0. The van der Waals surface area contributed by atoms with Crippen LogP contribution in [0.25, 0.3) is 5.69 Å². The van der Waals surface area contributed by atoms with Crippen molar-refractivity contribution in [1.82, 2.24) is 9.78 Å². The Morgan fingerprint density at radius 1 is 1.38 bits per heavy atom. The van der Waals surface area contributed by atoms with Crippen LogP contribution in [0.5, 0.6) is 0 Å². The zero-order chi connectivity index (χ0) is 9.10. The minimum absolute atomic E-state index is 1.02. The summed E-state index contributed by atoms with van der Waals surface area (Å²) in [7, 11) is 0. The van der Waals surface area contributed by atoms with Crippen LogP contribution in [0, 0.1) is 6.20 Å². The number of para-hydroxylation sites is 1. The molecule has 0 bridgehead atoms. The fourth-order valence-corrected chi connectivity index (χ4v) is 1.39. The molecular formula is C11H11N2. The van der Waals surface area contributed by atoms with E-state index in [2.05, 4.69) is 30.4 Å². The summed E-state index contributed by atoms with van der Waals surface area (Å²) in [5.41, 5.74) is 2.41. The van der Waals surface area contributed by atoms with Gasteiger partial charge >= 0.3 is 0 Å². The predicted molar refractivity (Wildman–Crippen MR) is 51.8 cm³/mol. The van der Waals surface area contributed by atoms with Gasteiger partial charge in [-0.05, 0) is 24.1 Å². The maximum atomic E-state index is 4.16.